The number of rotatable bonds is 12. The van der Waals surface area contributed by atoms with Crippen LogP contribution in [0.4, 0.5) is 5.69 Å². The molecule has 0 aliphatic carbocycles. The average Bonchev–Trinajstić information content (AvgIpc) is 2.78. The normalized spacial score (nSPS) is 11.4. The first kappa shape index (κ1) is 23.8. The Morgan fingerprint density at radius 3 is 2.52 bits per heavy atom. The Balaban J connectivity index is 1.89. The molecule has 2 N–H and O–H groups in total. The van der Waals surface area contributed by atoms with Crippen LogP contribution in [0.3, 0.4) is 0 Å². The van der Waals surface area contributed by atoms with E-state index in [9.17, 15) is 9.59 Å². The number of allylic oxidation sites excluding steroid dienone is 3. The largest absolute Gasteiger partial charge is 0.352 e. The lowest BCUT2D eigenvalue weighted by Gasteiger charge is -2.07. The fraction of sp³-hybridized carbons (Fsp3) is 0.269. The highest BCUT2D eigenvalue weighted by Gasteiger charge is 2.03. The lowest BCUT2D eigenvalue weighted by molar-refractivity contribution is -0.121. The Morgan fingerprint density at radius 1 is 1.06 bits per heavy atom. The maximum absolute atomic E-state index is 11.6. The second-order valence-electron chi connectivity index (χ2n) is 7.29. The maximum atomic E-state index is 11.6. The van der Waals surface area contributed by atoms with Gasteiger partial charge in [-0.1, -0.05) is 61.5 Å². The van der Waals surface area contributed by atoms with Crippen molar-refractivity contribution in [2.24, 2.45) is 4.99 Å². The predicted octanol–water partition coefficient (Wildman–Crippen LogP) is 4.84. The van der Waals surface area contributed by atoms with Crippen LogP contribution in [-0.2, 0) is 22.6 Å². The molecule has 0 saturated carbocycles. The molecule has 0 aliphatic rings. The molecule has 0 aromatic heterocycles. The summed E-state index contributed by atoms with van der Waals surface area (Å²) in [5.41, 5.74) is 5.89. The number of carbonyl (C=O) groups excluding carboxylic acids is 2. The van der Waals surface area contributed by atoms with Gasteiger partial charge in [0.2, 0.25) is 12.3 Å². The fourth-order valence-electron chi connectivity index (χ4n) is 3.08. The van der Waals surface area contributed by atoms with Crippen LogP contribution in [0.25, 0.3) is 0 Å². The molecule has 2 aromatic rings. The summed E-state index contributed by atoms with van der Waals surface area (Å²) in [6, 6.07) is 15.9. The Bertz CT molecular complexity index is 943. The molecule has 0 bridgehead atoms. The van der Waals surface area contributed by atoms with E-state index in [-0.39, 0.29) is 5.91 Å². The minimum absolute atomic E-state index is 0.0792. The topological polar surface area (TPSA) is 70.6 Å². The first-order valence-electron chi connectivity index (χ1n) is 10.5. The minimum Gasteiger partial charge on any atom is -0.352 e. The van der Waals surface area contributed by atoms with E-state index in [1.807, 2.05) is 67.6 Å². The van der Waals surface area contributed by atoms with E-state index >= 15 is 0 Å². The van der Waals surface area contributed by atoms with Gasteiger partial charge in [0.25, 0.3) is 0 Å². The maximum Gasteiger partial charge on any atom is 0.220 e. The van der Waals surface area contributed by atoms with Crippen molar-refractivity contribution in [2.45, 2.75) is 39.2 Å². The standard InChI is InChI=1S/C26H31N3O2/c1-4-6-26(31)28-18-22-12-14-23(15-13-22)25(27-3)16-10-20(2)9-11-21-7-5-8-24(17-21)29-19-30/h5,7-8,10,12-17,19H,2,4,6,9,11,18H2,1,3H3,(H,28,31)(H,29,30)/b16-10-,27-25?. The van der Waals surface area contributed by atoms with Crippen molar-refractivity contribution in [2.75, 3.05) is 12.4 Å². The molecular formula is C26H31N3O2. The molecule has 0 unspecified atom stereocenters. The van der Waals surface area contributed by atoms with Gasteiger partial charge in [-0.2, -0.15) is 0 Å². The molecule has 2 aromatic carbocycles. The Morgan fingerprint density at radius 2 is 1.84 bits per heavy atom. The van der Waals surface area contributed by atoms with Crippen molar-refractivity contribution >= 4 is 23.7 Å². The number of carbonyl (C=O) groups is 2. The van der Waals surface area contributed by atoms with Gasteiger partial charge in [0, 0.05) is 25.7 Å². The number of hydrogen-bond donors (Lipinski definition) is 2. The molecule has 31 heavy (non-hydrogen) atoms. The van der Waals surface area contributed by atoms with Gasteiger partial charge in [-0.05, 0) is 54.2 Å². The van der Waals surface area contributed by atoms with Gasteiger partial charge in [-0.15, -0.1) is 0 Å². The van der Waals surface area contributed by atoms with Crippen molar-refractivity contribution < 1.29 is 9.59 Å². The zero-order valence-electron chi connectivity index (χ0n) is 18.4. The lowest BCUT2D eigenvalue weighted by atomic mass is 10.0. The summed E-state index contributed by atoms with van der Waals surface area (Å²) >= 11 is 0. The van der Waals surface area contributed by atoms with Crippen molar-refractivity contribution in [3.8, 4) is 0 Å². The first-order valence-corrected chi connectivity index (χ1v) is 10.5. The zero-order valence-corrected chi connectivity index (χ0v) is 18.4. The van der Waals surface area contributed by atoms with Gasteiger partial charge in [0.15, 0.2) is 0 Å². The Labute approximate surface area is 185 Å². The highest BCUT2D eigenvalue weighted by molar-refractivity contribution is 6.08. The molecule has 2 rings (SSSR count). The molecule has 0 spiro atoms. The van der Waals surface area contributed by atoms with Gasteiger partial charge in [-0.25, -0.2) is 0 Å². The van der Waals surface area contributed by atoms with Crippen LogP contribution in [0.15, 0.2) is 77.8 Å². The van der Waals surface area contributed by atoms with Crippen LogP contribution < -0.4 is 10.6 Å². The molecular weight excluding hydrogens is 386 g/mol. The summed E-state index contributed by atoms with van der Waals surface area (Å²) in [4.78, 5) is 26.6. The van der Waals surface area contributed by atoms with Gasteiger partial charge < -0.3 is 10.6 Å². The predicted molar refractivity (Wildman–Crippen MR) is 128 cm³/mol. The van der Waals surface area contributed by atoms with Crippen molar-refractivity contribution in [1.82, 2.24) is 5.32 Å². The molecule has 0 radical (unpaired) electrons. The van der Waals surface area contributed by atoms with Crippen LogP contribution in [0.1, 0.15) is 42.9 Å². The number of nitrogens with zero attached hydrogens (tertiary/aromatic N) is 1. The van der Waals surface area contributed by atoms with Crippen LogP contribution in [0.2, 0.25) is 0 Å². The zero-order chi connectivity index (χ0) is 22.5. The van der Waals surface area contributed by atoms with E-state index in [4.69, 9.17) is 0 Å². The number of hydrogen-bond acceptors (Lipinski definition) is 3. The van der Waals surface area contributed by atoms with Crippen LogP contribution in [-0.4, -0.2) is 25.1 Å². The summed E-state index contributed by atoms with van der Waals surface area (Å²) in [5.74, 6) is 0.0792. The molecule has 162 valence electrons. The summed E-state index contributed by atoms with van der Waals surface area (Å²) < 4.78 is 0. The number of benzene rings is 2. The minimum atomic E-state index is 0.0792. The van der Waals surface area contributed by atoms with E-state index in [1.54, 1.807) is 7.05 Å². The second kappa shape index (κ2) is 13.0. The monoisotopic (exact) mass is 417 g/mol. The fourth-order valence-corrected chi connectivity index (χ4v) is 3.08. The van der Waals surface area contributed by atoms with E-state index in [1.165, 1.54) is 0 Å². The molecule has 0 fully saturated rings. The van der Waals surface area contributed by atoms with Gasteiger partial charge >= 0.3 is 0 Å². The molecule has 0 saturated heterocycles. The van der Waals surface area contributed by atoms with Gasteiger partial charge in [0.1, 0.15) is 0 Å². The van der Waals surface area contributed by atoms with Crippen molar-refractivity contribution in [1.29, 1.82) is 0 Å². The van der Waals surface area contributed by atoms with Crippen LogP contribution >= 0.6 is 0 Å². The highest BCUT2D eigenvalue weighted by Crippen LogP contribution is 2.15. The average molecular weight is 418 g/mol. The Kier molecular flexibility index (Phi) is 9.95. The molecule has 5 nitrogen and oxygen atoms in total. The summed E-state index contributed by atoms with van der Waals surface area (Å²) in [6.45, 7) is 6.67. The number of nitrogens with one attached hydrogen (secondary N) is 2. The summed E-state index contributed by atoms with van der Waals surface area (Å²) in [6.07, 6.45) is 7.72. The molecule has 0 heterocycles. The third-order valence-electron chi connectivity index (χ3n) is 4.82. The third-order valence-corrected chi connectivity index (χ3v) is 4.82. The second-order valence-corrected chi connectivity index (χ2v) is 7.29. The van der Waals surface area contributed by atoms with Crippen LogP contribution in [0.5, 0.6) is 0 Å². The number of anilines is 1. The summed E-state index contributed by atoms with van der Waals surface area (Å²) in [5, 5.41) is 5.60. The van der Waals surface area contributed by atoms with Crippen LogP contribution in [0, 0.1) is 0 Å². The smallest absolute Gasteiger partial charge is 0.220 e. The quantitative estimate of drug-likeness (QED) is 0.295. The van der Waals surface area contributed by atoms with Gasteiger partial charge in [0.05, 0.1) is 5.71 Å². The molecule has 5 heteroatoms. The van der Waals surface area contributed by atoms with E-state index in [0.29, 0.717) is 19.4 Å². The molecule has 0 atom stereocenters. The summed E-state index contributed by atoms with van der Waals surface area (Å²) in [7, 11) is 1.77. The van der Waals surface area contributed by atoms with E-state index in [0.717, 1.165) is 52.9 Å². The molecule has 2 amide bonds. The molecule has 0 aliphatic heterocycles. The van der Waals surface area contributed by atoms with Crippen molar-refractivity contribution in [3.05, 3.63) is 89.5 Å². The first-order chi connectivity index (χ1) is 15.0. The SMILES string of the molecule is C=C(/C=C\C(=NC)c1ccc(CNC(=O)CCC)cc1)CCc1cccc(NC=O)c1. The number of aryl methyl sites for hydroxylation is 1. The van der Waals surface area contributed by atoms with E-state index < -0.39 is 0 Å². The highest BCUT2D eigenvalue weighted by atomic mass is 16.1. The lowest BCUT2D eigenvalue weighted by Crippen LogP contribution is -2.22. The number of aliphatic imine (C=N–C) groups is 1. The van der Waals surface area contributed by atoms with Crippen molar-refractivity contribution in [3.63, 3.8) is 0 Å². The Hall–Kier alpha value is -3.47. The number of amides is 2. The van der Waals surface area contributed by atoms with Gasteiger partial charge in [-0.3, -0.25) is 14.6 Å². The third kappa shape index (κ3) is 8.42. The van der Waals surface area contributed by atoms with E-state index in [2.05, 4.69) is 22.2 Å².